The van der Waals surface area contributed by atoms with Crippen LogP contribution in [0.2, 0.25) is 0 Å². The van der Waals surface area contributed by atoms with Gasteiger partial charge in [-0.25, -0.2) is 13.2 Å². The number of nitrogens with one attached hydrogen (secondary N) is 1. The van der Waals surface area contributed by atoms with Crippen molar-refractivity contribution in [1.82, 2.24) is 5.32 Å². The van der Waals surface area contributed by atoms with E-state index < -0.39 is 27.8 Å². The number of carboxylic acids is 1. The average molecular weight is 380 g/mol. The van der Waals surface area contributed by atoms with Crippen LogP contribution >= 0.6 is 15.9 Å². The van der Waals surface area contributed by atoms with Crippen molar-refractivity contribution in [2.75, 3.05) is 12.0 Å². The SMILES string of the molecule is CS(=O)(=O)CCC(NC(=O)c1ccc(Br)c(O)c1)C(=O)O. The molecule has 1 rings (SSSR count). The Labute approximate surface area is 130 Å². The summed E-state index contributed by atoms with van der Waals surface area (Å²) in [7, 11) is -3.33. The molecule has 21 heavy (non-hydrogen) atoms. The fourth-order valence-corrected chi connectivity index (χ4v) is 2.40. The molecule has 1 atom stereocenters. The number of hydrogen-bond acceptors (Lipinski definition) is 5. The van der Waals surface area contributed by atoms with E-state index in [-0.39, 0.29) is 23.5 Å². The Morgan fingerprint density at radius 2 is 2.00 bits per heavy atom. The number of carbonyl (C=O) groups is 2. The maximum atomic E-state index is 11.9. The predicted molar refractivity (Wildman–Crippen MR) is 79.0 cm³/mol. The quantitative estimate of drug-likeness (QED) is 0.671. The number of aliphatic carboxylic acids is 1. The molecule has 0 saturated carbocycles. The fourth-order valence-electron chi connectivity index (χ4n) is 1.48. The van der Waals surface area contributed by atoms with Crippen LogP contribution in [0.25, 0.3) is 0 Å². The summed E-state index contributed by atoms with van der Waals surface area (Å²) in [4.78, 5) is 22.9. The van der Waals surface area contributed by atoms with E-state index in [0.717, 1.165) is 6.26 Å². The van der Waals surface area contributed by atoms with E-state index in [4.69, 9.17) is 5.11 Å². The van der Waals surface area contributed by atoms with Crippen molar-refractivity contribution in [2.45, 2.75) is 12.5 Å². The van der Waals surface area contributed by atoms with Gasteiger partial charge < -0.3 is 15.5 Å². The van der Waals surface area contributed by atoms with E-state index in [9.17, 15) is 23.1 Å². The van der Waals surface area contributed by atoms with Crippen molar-refractivity contribution in [3.8, 4) is 5.75 Å². The predicted octanol–water partition coefficient (Wildman–Crippen LogP) is 0.772. The Kier molecular flexibility index (Phi) is 5.73. The summed E-state index contributed by atoms with van der Waals surface area (Å²) in [6.07, 6.45) is 0.753. The number of phenolic OH excluding ortho intramolecular Hbond substituents is 1. The smallest absolute Gasteiger partial charge is 0.326 e. The fraction of sp³-hybridized carbons (Fsp3) is 0.333. The van der Waals surface area contributed by atoms with Gasteiger partial charge in [0.05, 0.1) is 10.2 Å². The zero-order chi connectivity index (χ0) is 16.2. The maximum Gasteiger partial charge on any atom is 0.326 e. The highest BCUT2D eigenvalue weighted by Gasteiger charge is 2.22. The van der Waals surface area contributed by atoms with E-state index in [1.54, 1.807) is 0 Å². The second kappa shape index (κ2) is 6.90. The van der Waals surface area contributed by atoms with E-state index in [1.165, 1.54) is 18.2 Å². The van der Waals surface area contributed by atoms with Crippen LogP contribution in [0.1, 0.15) is 16.8 Å². The third-order valence-corrected chi connectivity index (χ3v) is 4.24. The molecule has 1 aromatic rings. The first-order chi connectivity index (χ1) is 9.60. The van der Waals surface area contributed by atoms with Gasteiger partial charge in [-0.05, 0) is 40.5 Å². The Morgan fingerprint density at radius 1 is 1.38 bits per heavy atom. The summed E-state index contributed by atoms with van der Waals surface area (Å²) in [6.45, 7) is 0. The van der Waals surface area contributed by atoms with Crippen LogP contribution in [-0.4, -0.2) is 48.6 Å². The zero-order valence-electron chi connectivity index (χ0n) is 11.0. The lowest BCUT2D eigenvalue weighted by Crippen LogP contribution is -2.41. The molecule has 0 aliphatic heterocycles. The normalized spacial score (nSPS) is 12.7. The van der Waals surface area contributed by atoms with Crippen LogP contribution in [0.15, 0.2) is 22.7 Å². The minimum Gasteiger partial charge on any atom is -0.507 e. The number of aromatic hydroxyl groups is 1. The van der Waals surface area contributed by atoms with E-state index >= 15 is 0 Å². The Bertz CT molecular complexity index is 658. The van der Waals surface area contributed by atoms with Gasteiger partial charge >= 0.3 is 5.97 Å². The number of carboxylic acid groups (broad SMARTS) is 1. The Morgan fingerprint density at radius 3 is 2.48 bits per heavy atom. The van der Waals surface area contributed by atoms with Crippen LogP contribution in [0.4, 0.5) is 0 Å². The number of carbonyl (C=O) groups excluding carboxylic acids is 1. The molecule has 0 heterocycles. The minimum absolute atomic E-state index is 0.0707. The molecule has 0 radical (unpaired) electrons. The van der Waals surface area contributed by atoms with Crippen LogP contribution in [-0.2, 0) is 14.6 Å². The van der Waals surface area contributed by atoms with Crippen molar-refractivity contribution in [2.24, 2.45) is 0 Å². The monoisotopic (exact) mass is 379 g/mol. The Hall–Kier alpha value is -1.61. The van der Waals surface area contributed by atoms with Crippen molar-refractivity contribution >= 4 is 37.6 Å². The number of hydrogen-bond donors (Lipinski definition) is 3. The van der Waals surface area contributed by atoms with Gasteiger partial charge in [-0.3, -0.25) is 4.79 Å². The minimum atomic E-state index is -3.33. The average Bonchev–Trinajstić information content (AvgIpc) is 2.36. The van der Waals surface area contributed by atoms with Crippen molar-refractivity contribution in [1.29, 1.82) is 0 Å². The summed E-state index contributed by atoms with van der Waals surface area (Å²) in [5.74, 6) is -2.55. The molecular weight excluding hydrogens is 366 g/mol. The molecule has 0 fully saturated rings. The zero-order valence-corrected chi connectivity index (χ0v) is 13.4. The number of sulfone groups is 1. The first kappa shape index (κ1) is 17.4. The first-order valence-corrected chi connectivity index (χ1v) is 8.65. The van der Waals surface area contributed by atoms with Gasteiger partial charge in [-0.2, -0.15) is 0 Å². The molecular formula is C12H14BrNO6S. The molecule has 9 heteroatoms. The molecule has 3 N–H and O–H groups in total. The molecule has 0 spiro atoms. The summed E-state index contributed by atoms with van der Waals surface area (Å²) in [5.41, 5.74) is 0.0707. The molecule has 0 saturated heterocycles. The highest BCUT2D eigenvalue weighted by atomic mass is 79.9. The summed E-state index contributed by atoms with van der Waals surface area (Å²) >= 11 is 3.06. The molecule has 0 aliphatic carbocycles. The van der Waals surface area contributed by atoms with Crippen LogP contribution in [0, 0.1) is 0 Å². The lowest BCUT2D eigenvalue weighted by Gasteiger charge is -2.14. The summed E-state index contributed by atoms with van der Waals surface area (Å²) < 4.78 is 22.5. The third-order valence-electron chi connectivity index (χ3n) is 2.59. The second-order valence-electron chi connectivity index (χ2n) is 4.45. The van der Waals surface area contributed by atoms with Crippen LogP contribution in [0.3, 0.4) is 0 Å². The van der Waals surface area contributed by atoms with Gasteiger partial charge in [0.25, 0.3) is 5.91 Å². The Balaban J connectivity index is 2.81. The number of benzene rings is 1. The van der Waals surface area contributed by atoms with Crippen LogP contribution in [0.5, 0.6) is 5.75 Å². The number of rotatable bonds is 6. The largest absolute Gasteiger partial charge is 0.507 e. The lowest BCUT2D eigenvalue weighted by atomic mass is 10.1. The topological polar surface area (TPSA) is 121 Å². The van der Waals surface area contributed by atoms with Crippen molar-refractivity contribution in [3.05, 3.63) is 28.2 Å². The summed E-state index contributed by atoms with van der Waals surface area (Å²) in [5, 5.41) is 20.7. The molecule has 7 nitrogen and oxygen atoms in total. The molecule has 0 aliphatic rings. The molecule has 0 aromatic heterocycles. The van der Waals surface area contributed by atoms with Gasteiger partial charge in [0.15, 0.2) is 0 Å². The van der Waals surface area contributed by atoms with Gasteiger partial charge in [-0.1, -0.05) is 0 Å². The standard InChI is InChI=1S/C12H14BrNO6S/c1-21(19,20)5-4-9(12(17)18)14-11(16)7-2-3-8(13)10(15)6-7/h2-3,6,9,15H,4-5H2,1H3,(H,14,16)(H,17,18). The maximum absolute atomic E-state index is 11.9. The van der Waals surface area contributed by atoms with Gasteiger partial charge in [0, 0.05) is 11.8 Å². The van der Waals surface area contributed by atoms with Crippen molar-refractivity contribution < 1.29 is 28.2 Å². The van der Waals surface area contributed by atoms with Gasteiger partial charge in [0.2, 0.25) is 0 Å². The third kappa shape index (κ3) is 5.72. The van der Waals surface area contributed by atoms with E-state index in [1.807, 2.05) is 0 Å². The lowest BCUT2D eigenvalue weighted by molar-refractivity contribution is -0.139. The van der Waals surface area contributed by atoms with E-state index in [2.05, 4.69) is 21.2 Å². The molecule has 1 amide bonds. The summed E-state index contributed by atoms with van der Waals surface area (Å²) in [6, 6.07) is 2.69. The highest BCUT2D eigenvalue weighted by molar-refractivity contribution is 9.10. The first-order valence-electron chi connectivity index (χ1n) is 5.80. The molecule has 0 bridgehead atoms. The number of halogens is 1. The molecule has 116 valence electrons. The number of phenols is 1. The molecule has 1 unspecified atom stereocenters. The van der Waals surface area contributed by atoms with E-state index in [0.29, 0.717) is 4.47 Å². The second-order valence-corrected chi connectivity index (χ2v) is 7.56. The van der Waals surface area contributed by atoms with Gasteiger partial charge in [-0.15, -0.1) is 0 Å². The molecule has 1 aromatic carbocycles. The van der Waals surface area contributed by atoms with Crippen LogP contribution < -0.4 is 5.32 Å². The number of amides is 1. The highest BCUT2D eigenvalue weighted by Crippen LogP contribution is 2.24. The van der Waals surface area contributed by atoms with Crippen molar-refractivity contribution in [3.63, 3.8) is 0 Å². The van der Waals surface area contributed by atoms with Gasteiger partial charge in [0.1, 0.15) is 21.6 Å².